The molecule has 0 bridgehead atoms. The number of rotatable bonds is 5. The molecule has 0 saturated carbocycles. The lowest BCUT2D eigenvalue weighted by atomic mass is 9.83. The lowest BCUT2D eigenvalue weighted by Gasteiger charge is -2.48. The SMILES string of the molecule is NC(=O)C1(N2CCCCC2)CCN(CCn2cc[nH]c2=O)CC1. The molecule has 1 aromatic rings. The lowest BCUT2D eigenvalue weighted by Crippen LogP contribution is -2.63. The van der Waals surface area contributed by atoms with E-state index >= 15 is 0 Å². The highest BCUT2D eigenvalue weighted by atomic mass is 16.2. The van der Waals surface area contributed by atoms with Crippen molar-refractivity contribution in [3.63, 3.8) is 0 Å². The number of H-pyrrole nitrogens is 1. The monoisotopic (exact) mass is 321 g/mol. The first-order chi connectivity index (χ1) is 11.1. The van der Waals surface area contributed by atoms with Gasteiger partial charge in [0.15, 0.2) is 0 Å². The second kappa shape index (κ2) is 6.88. The Labute approximate surface area is 136 Å². The number of nitrogens with zero attached hydrogens (tertiary/aromatic N) is 3. The molecule has 0 unspecified atom stereocenters. The van der Waals surface area contributed by atoms with Gasteiger partial charge >= 0.3 is 5.69 Å². The first kappa shape index (κ1) is 16.3. The highest BCUT2D eigenvalue weighted by Crippen LogP contribution is 2.31. The van der Waals surface area contributed by atoms with Crippen LogP contribution >= 0.6 is 0 Å². The Kier molecular flexibility index (Phi) is 4.87. The van der Waals surface area contributed by atoms with Crippen LogP contribution < -0.4 is 11.4 Å². The highest BCUT2D eigenvalue weighted by Gasteiger charge is 2.44. The summed E-state index contributed by atoms with van der Waals surface area (Å²) in [5.74, 6) is -0.166. The molecular formula is C16H27N5O2. The molecule has 2 saturated heterocycles. The van der Waals surface area contributed by atoms with E-state index in [2.05, 4.69) is 14.8 Å². The van der Waals surface area contributed by atoms with Crippen LogP contribution in [0.1, 0.15) is 32.1 Å². The van der Waals surface area contributed by atoms with Crippen LogP contribution in [0, 0.1) is 0 Å². The molecule has 2 aliphatic heterocycles. The fraction of sp³-hybridized carbons (Fsp3) is 0.750. The fourth-order valence-electron chi connectivity index (χ4n) is 3.96. The highest BCUT2D eigenvalue weighted by molar-refractivity contribution is 5.84. The van der Waals surface area contributed by atoms with Crippen molar-refractivity contribution in [3.8, 4) is 0 Å². The van der Waals surface area contributed by atoms with Crippen molar-refractivity contribution in [1.82, 2.24) is 19.4 Å². The second-order valence-electron chi connectivity index (χ2n) is 6.74. The van der Waals surface area contributed by atoms with E-state index in [0.717, 1.165) is 58.4 Å². The van der Waals surface area contributed by atoms with Crippen molar-refractivity contribution in [2.75, 3.05) is 32.7 Å². The third kappa shape index (κ3) is 3.35. The maximum absolute atomic E-state index is 12.2. The maximum Gasteiger partial charge on any atom is 0.325 e. The third-order valence-electron chi connectivity index (χ3n) is 5.48. The molecule has 3 heterocycles. The van der Waals surface area contributed by atoms with Gasteiger partial charge in [-0.3, -0.25) is 14.3 Å². The number of carbonyl (C=O) groups is 1. The Morgan fingerprint density at radius 1 is 1.13 bits per heavy atom. The quantitative estimate of drug-likeness (QED) is 0.798. The number of hydrogen-bond donors (Lipinski definition) is 2. The van der Waals surface area contributed by atoms with Crippen molar-refractivity contribution in [3.05, 3.63) is 22.9 Å². The summed E-state index contributed by atoms with van der Waals surface area (Å²) in [6.45, 7) is 5.20. The normalized spacial score (nSPS) is 23.0. The van der Waals surface area contributed by atoms with E-state index in [0.29, 0.717) is 6.54 Å². The molecule has 23 heavy (non-hydrogen) atoms. The number of aromatic nitrogens is 2. The minimum atomic E-state index is -0.457. The van der Waals surface area contributed by atoms with E-state index in [1.165, 1.54) is 6.42 Å². The summed E-state index contributed by atoms with van der Waals surface area (Å²) in [4.78, 5) is 31.0. The van der Waals surface area contributed by atoms with Gasteiger partial charge in [-0.05, 0) is 38.8 Å². The molecule has 2 fully saturated rings. The van der Waals surface area contributed by atoms with E-state index in [4.69, 9.17) is 5.73 Å². The molecule has 0 aromatic carbocycles. The van der Waals surface area contributed by atoms with Gasteiger partial charge in [-0.2, -0.15) is 0 Å². The zero-order valence-corrected chi connectivity index (χ0v) is 13.7. The van der Waals surface area contributed by atoms with E-state index in [-0.39, 0.29) is 11.6 Å². The summed E-state index contributed by atoms with van der Waals surface area (Å²) in [6.07, 6.45) is 8.60. The van der Waals surface area contributed by atoms with Crippen LogP contribution in [0.5, 0.6) is 0 Å². The van der Waals surface area contributed by atoms with Crippen LogP contribution in [0.3, 0.4) is 0 Å². The standard InChI is InChI=1S/C16H27N5O2/c17-14(22)16(21-7-2-1-3-8-21)4-9-19(10-5-16)12-13-20-11-6-18-15(20)23/h6,11H,1-5,7-10,12-13H2,(H2,17,22)(H,18,23). The molecule has 0 aliphatic carbocycles. The number of carbonyl (C=O) groups excluding carboxylic acids is 1. The number of hydrogen-bond acceptors (Lipinski definition) is 4. The Morgan fingerprint density at radius 2 is 1.83 bits per heavy atom. The van der Waals surface area contributed by atoms with Crippen molar-refractivity contribution in [2.24, 2.45) is 5.73 Å². The van der Waals surface area contributed by atoms with Crippen molar-refractivity contribution in [2.45, 2.75) is 44.2 Å². The predicted octanol–water partition coefficient (Wildman–Crippen LogP) is -0.0178. The number of nitrogens with two attached hydrogens (primary N) is 1. The molecule has 1 aromatic heterocycles. The van der Waals surface area contributed by atoms with Crippen LogP contribution in [0.15, 0.2) is 17.2 Å². The Balaban J connectivity index is 1.57. The summed E-state index contributed by atoms with van der Waals surface area (Å²) in [5, 5.41) is 0. The zero-order chi connectivity index (χ0) is 16.3. The van der Waals surface area contributed by atoms with E-state index in [1.807, 2.05) is 0 Å². The first-order valence-electron chi connectivity index (χ1n) is 8.63. The van der Waals surface area contributed by atoms with E-state index in [9.17, 15) is 9.59 Å². The van der Waals surface area contributed by atoms with Crippen molar-refractivity contribution in [1.29, 1.82) is 0 Å². The largest absolute Gasteiger partial charge is 0.368 e. The third-order valence-corrected chi connectivity index (χ3v) is 5.48. The van der Waals surface area contributed by atoms with Gasteiger partial charge in [0.2, 0.25) is 5.91 Å². The number of amides is 1. The Morgan fingerprint density at radius 3 is 2.39 bits per heavy atom. The molecule has 0 radical (unpaired) electrons. The smallest absolute Gasteiger partial charge is 0.325 e. The van der Waals surface area contributed by atoms with Gasteiger partial charge in [0.05, 0.1) is 0 Å². The summed E-state index contributed by atoms with van der Waals surface area (Å²) in [6, 6.07) is 0. The molecule has 3 N–H and O–H groups in total. The molecule has 0 spiro atoms. The summed E-state index contributed by atoms with van der Waals surface area (Å²) in [7, 11) is 0. The van der Waals surface area contributed by atoms with Crippen molar-refractivity contribution < 1.29 is 4.79 Å². The van der Waals surface area contributed by atoms with Gasteiger partial charge in [0.1, 0.15) is 5.54 Å². The molecule has 7 heteroatoms. The summed E-state index contributed by atoms with van der Waals surface area (Å²) >= 11 is 0. The minimum Gasteiger partial charge on any atom is -0.368 e. The number of likely N-dealkylation sites (tertiary alicyclic amines) is 2. The van der Waals surface area contributed by atoms with Crippen LogP contribution in [0.25, 0.3) is 0 Å². The Hall–Kier alpha value is -1.60. The van der Waals surface area contributed by atoms with Crippen LogP contribution in [0.4, 0.5) is 0 Å². The molecule has 128 valence electrons. The number of aromatic amines is 1. The topological polar surface area (TPSA) is 87.4 Å². The second-order valence-corrected chi connectivity index (χ2v) is 6.74. The summed E-state index contributed by atoms with van der Waals surface area (Å²) in [5.41, 5.74) is 5.28. The Bertz CT molecular complexity index is 579. The van der Waals surface area contributed by atoms with Crippen molar-refractivity contribution >= 4 is 5.91 Å². The number of nitrogens with one attached hydrogen (secondary N) is 1. The van der Waals surface area contributed by atoms with Gasteiger partial charge < -0.3 is 15.6 Å². The van der Waals surface area contributed by atoms with E-state index < -0.39 is 5.54 Å². The van der Waals surface area contributed by atoms with Crippen LogP contribution in [-0.4, -0.2) is 63.5 Å². The molecule has 1 amide bonds. The van der Waals surface area contributed by atoms with Gasteiger partial charge in [0, 0.05) is 38.6 Å². The first-order valence-corrected chi connectivity index (χ1v) is 8.63. The van der Waals surface area contributed by atoms with Gasteiger partial charge in [0.25, 0.3) is 0 Å². The number of imidazole rings is 1. The van der Waals surface area contributed by atoms with E-state index in [1.54, 1.807) is 17.0 Å². The molecule has 2 aliphatic rings. The van der Waals surface area contributed by atoms with Gasteiger partial charge in [-0.25, -0.2) is 4.79 Å². The summed E-state index contributed by atoms with van der Waals surface area (Å²) < 4.78 is 1.68. The van der Waals surface area contributed by atoms with Crippen LogP contribution in [-0.2, 0) is 11.3 Å². The molecule has 3 rings (SSSR count). The molecule has 0 atom stereocenters. The molecule has 7 nitrogen and oxygen atoms in total. The minimum absolute atomic E-state index is 0.0678. The lowest BCUT2D eigenvalue weighted by molar-refractivity contribution is -0.135. The maximum atomic E-state index is 12.2. The van der Waals surface area contributed by atoms with Gasteiger partial charge in [-0.1, -0.05) is 6.42 Å². The number of primary amides is 1. The van der Waals surface area contributed by atoms with Gasteiger partial charge in [-0.15, -0.1) is 0 Å². The molecular weight excluding hydrogens is 294 g/mol. The predicted molar refractivity (Wildman–Crippen MR) is 88.1 cm³/mol. The fourth-order valence-corrected chi connectivity index (χ4v) is 3.96. The average molecular weight is 321 g/mol. The number of piperidine rings is 2. The zero-order valence-electron chi connectivity index (χ0n) is 13.7. The average Bonchev–Trinajstić information content (AvgIpc) is 2.99. The van der Waals surface area contributed by atoms with Crippen LogP contribution in [0.2, 0.25) is 0 Å².